The van der Waals surface area contributed by atoms with Gasteiger partial charge in [-0.1, -0.05) is 36.4 Å². The molecule has 0 spiro atoms. The molecule has 0 radical (unpaired) electrons. The zero-order chi connectivity index (χ0) is 15.1. The molecule has 0 atom stereocenters. The second kappa shape index (κ2) is 7.33. The van der Waals surface area contributed by atoms with Gasteiger partial charge < -0.3 is 15.5 Å². The number of nitrogens with one attached hydrogen (secondary N) is 1. The minimum atomic E-state index is -0.136. The highest BCUT2D eigenvalue weighted by Crippen LogP contribution is 2.24. The topological polar surface area (TPSA) is 69.6 Å². The molecule has 0 heterocycles. The van der Waals surface area contributed by atoms with Crippen LogP contribution in [0.5, 0.6) is 11.5 Å². The van der Waals surface area contributed by atoms with Gasteiger partial charge in [-0.2, -0.15) is 0 Å². The number of phenolic OH excluding ortho intramolecular Hbond substituents is 2. The first-order chi connectivity index (χ1) is 10.1. The Labute approximate surface area is 124 Å². The van der Waals surface area contributed by atoms with Gasteiger partial charge in [-0.25, -0.2) is 0 Å². The number of phenols is 2. The summed E-state index contributed by atoms with van der Waals surface area (Å²) in [5, 5.41) is 21.4. The summed E-state index contributed by atoms with van der Waals surface area (Å²) in [5.41, 5.74) is 2.02. The lowest BCUT2D eigenvalue weighted by atomic mass is 10.1. The standard InChI is InChI=1S/C17H19NO3/c19-15-8-6-14(12-16(15)20)10-11-18-17(21)9-7-13-4-2-1-3-5-13/h1-6,8,12,19-20H,7,9-11H2,(H,18,21). The molecule has 4 heteroatoms. The zero-order valence-corrected chi connectivity index (χ0v) is 11.7. The Bertz CT molecular complexity index is 596. The quantitative estimate of drug-likeness (QED) is 0.714. The average Bonchev–Trinajstić information content (AvgIpc) is 2.50. The number of amides is 1. The van der Waals surface area contributed by atoms with E-state index < -0.39 is 0 Å². The highest BCUT2D eigenvalue weighted by atomic mass is 16.3. The minimum Gasteiger partial charge on any atom is -0.504 e. The molecule has 0 bridgehead atoms. The van der Waals surface area contributed by atoms with Crippen LogP contribution in [0.1, 0.15) is 17.5 Å². The van der Waals surface area contributed by atoms with Crippen molar-refractivity contribution in [2.45, 2.75) is 19.3 Å². The Kier molecular flexibility index (Phi) is 5.21. The van der Waals surface area contributed by atoms with Crippen LogP contribution in [-0.2, 0) is 17.6 Å². The van der Waals surface area contributed by atoms with Crippen LogP contribution in [0.15, 0.2) is 48.5 Å². The molecule has 0 aliphatic carbocycles. The summed E-state index contributed by atoms with van der Waals surface area (Å²) in [7, 11) is 0. The monoisotopic (exact) mass is 285 g/mol. The van der Waals surface area contributed by atoms with Crippen LogP contribution in [0.25, 0.3) is 0 Å². The Balaban J connectivity index is 1.70. The minimum absolute atomic E-state index is 0.0156. The van der Waals surface area contributed by atoms with E-state index >= 15 is 0 Å². The van der Waals surface area contributed by atoms with Gasteiger partial charge in [0.05, 0.1) is 0 Å². The van der Waals surface area contributed by atoms with Gasteiger partial charge in [0.1, 0.15) is 0 Å². The highest BCUT2D eigenvalue weighted by molar-refractivity contribution is 5.76. The van der Waals surface area contributed by atoms with Crippen molar-refractivity contribution in [2.24, 2.45) is 0 Å². The van der Waals surface area contributed by atoms with Gasteiger partial charge in [0.2, 0.25) is 5.91 Å². The van der Waals surface area contributed by atoms with Crippen molar-refractivity contribution in [2.75, 3.05) is 6.54 Å². The molecule has 0 unspecified atom stereocenters. The Morgan fingerprint density at radius 3 is 2.38 bits per heavy atom. The van der Waals surface area contributed by atoms with Crippen molar-refractivity contribution in [1.82, 2.24) is 5.32 Å². The van der Waals surface area contributed by atoms with Gasteiger partial charge in [0, 0.05) is 13.0 Å². The van der Waals surface area contributed by atoms with Crippen LogP contribution < -0.4 is 5.32 Å². The van der Waals surface area contributed by atoms with Gasteiger partial charge in [-0.15, -0.1) is 0 Å². The smallest absolute Gasteiger partial charge is 0.220 e. The summed E-state index contributed by atoms with van der Waals surface area (Å²) in [4.78, 5) is 11.7. The van der Waals surface area contributed by atoms with Crippen molar-refractivity contribution >= 4 is 5.91 Å². The maximum absolute atomic E-state index is 11.7. The summed E-state index contributed by atoms with van der Waals surface area (Å²) in [6.07, 6.45) is 1.81. The van der Waals surface area contributed by atoms with Crippen molar-refractivity contribution in [3.63, 3.8) is 0 Å². The Hall–Kier alpha value is -2.49. The first-order valence-corrected chi connectivity index (χ1v) is 6.96. The van der Waals surface area contributed by atoms with E-state index in [9.17, 15) is 15.0 Å². The fourth-order valence-corrected chi connectivity index (χ4v) is 2.06. The molecule has 3 N–H and O–H groups in total. The highest BCUT2D eigenvalue weighted by Gasteiger charge is 2.03. The number of benzene rings is 2. The molecule has 0 saturated heterocycles. The molecule has 0 fully saturated rings. The maximum atomic E-state index is 11.7. The van der Waals surface area contributed by atoms with E-state index in [1.807, 2.05) is 30.3 Å². The molecule has 0 saturated carbocycles. The van der Waals surface area contributed by atoms with Crippen LogP contribution in [0.3, 0.4) is 0 Å². The molecule has 2 rings (SSSR count). The third-order valence-electron chi connectivity index (χ3n) is 3.26. The first-order valence-electron chi connectivity index (χ1n) is 6.96. The molecular weight excluding hydrogens is 266 g/mol. The lowest BCUT2D eigenvalue weighted by Crippen LogP contribution is -2.25. The first kappa shape index (κ1) is 14.9. The van der Waals surface area contributed by atoms with Crippen LogP contribution in [0, 0.1) is 0 Å². The van der Waals surface area contributed by atoms with E-state index in [0.717, 1.165) is 17.5 Å². The fourth-order valence-electron chi connectivity index (χ4n) is 2.06. The number of rotatable bonds is 6. The van der Waals surface area contributed by atoms with Crippen LogP contribution in [0.2, 0.25) is 0 Å². The van der Waals surface area contributed by atoms with E-state index in [-0.39, 0.29) is 17.4 Å². The van der Waals surface area contributed by atoms with Gasteiger partial charge in [0.15, 0.2) is 11.5 Å². The van der Waals surface area contributed by atoms with Crippen molar-refractivity contribution in [3.05, 3.63) is 59.7 Å². The largest absolute Gasteiger partial charge is 0.504 e. The summed E-state index contributed by atoms with van der Waals surface area (Å²) < 4.78 is 0. The number of hydrogen-bond donors (Lipinski definition) is 3. The van der Waals surface area contributed by atoms with Crippen LogP contribution in [-0.4, -0.2) is 22.7 Å². The maximum Gasteiger partial charge on any atom is 0.220 e. The van der Waals surface area contributed by atoms with E-state index in [0.29, 0.717) is 19.4 Å². The number of hydrogen-bond acceptors (Lipinski definition) is 3. The lowest BCUT2D eigenvalue weighted by molar-refractivity contribution is -0.121. The van der Waals surface area contributed by atoms with E-state index in [1.165, 1.54) is 12.1 Å². The summed E-state index contributed by atoms with van der Waals surface area (Å²) in [6, 6.07) is 14.6. The summed E-state index contributed by atoms with van der Waals surface area (Å²) in [5.74, 6) is -0.254. The number of carbonyl (C=O) groups is 1. The predicted octanol–water partition coefficient (Wildman–Crippen LogP) is 2.39. The van der Waals surface area contributed by atoms with Crippen LogP contribution in [0.4, 0.5) is 0 Å². The SMILES string of the molecule is O=C(CCc1ccccc1)NCCc1ccc(O)c(O)c1. The molecule has 1 amide bonds. The summed E-state index contributed by atoms with van der Waals surface area (Å²) >= 11 is 0. The molecule has 21 heavy (non-hydrogen) atoms. The molecule has 0 aromatic heterocycles. The van der Waals surface area contributed by atoms with Crippen molar-refractivity contribution < 1.29 is 15.0 Å². The molecule has 4 nitrogen and oxygen atoms in total. The fraction of sp³-hybridized carbons (Fsp3) is 0.235. The van der Waals surface area contributed by atoms with Gasteiger partial charge >= 0.3 is 0 Å². The third kappa shape index (κ3) is 4.84. The molecule has 2 aromatic carbocycles. The second-order valence-corrected chi connectivity index (χ2v) is 4.91. The average molecular weight is 285 g/mol. The van der Waals surface area contributed by atoms with Crippen molar-refractivity contribution in [3.8, 4) is 11.5 Å². The number of aryl methyl sites for hydroxylation is 1. The second-order valence-electron chi connectivity index (χ2n) is 4.91. The molecular formula is C17H19NO3. The van der Waals surface area contributed by atoms with E-state index in [2.05, 4.69) is 5.32 Å². The van der Waals surface area contributed by atoms with E-state index in [4.69, 9.17) is 0 Å². The molecule has 0 aliphatic rings. The molecule has 110 valence electrons. The number of aromatic hydroxyl groups is 2. The third-order valence-corrected chi connectivity index (χ3v) is 3.26. The zero-order valence-electron chi connectivity index (χ0n) is 11.7. The van der Waals surface area contributed by atoms with Gasteiger partial charge in [-0.05, 0) is 36.1 Å². The lowest BCUT2D eigenvalue weighted by Gasteiger charge is -2.06. The van der Waals surface area contributed by atoms with E-state index in [1.54, 1.807) is 6.07 Å². The van der Waals surface area contributed by atoms with Gasteiger partial charge in [0.25, 0.3) is 0 Å². The Morgan fingerprint density at radius 1 is 0.905 bits per heavy atom. The van der Waals surface area contributed by atoms with Crippen molar-refractivity contribution in [1.29, 1.82) is 0 Å². The predicted molar refractivity (Wildman–Crippen MR) is 81.2 cm³/mol. The Morgan fingerprint density at radius 2 is 1.67 bits per heavy atom. The van der Waals surface area contributed by atoms with Gasteiger partial charge in [-0.3, -0.25) is 4.79 Å². The molecule has 2 aromatic rings. The normalized spacial score (nSPS) is 10.3. The summed E-state index contributed by atoms with van der Waals surface area (Å²) in [6.45, 7) is 0.512. The molecule has 0 aliphatic heterocycles. The van der Waals surface area contributed by atoms with Crippen LogP contribution >= 0.6 is 0 Å². The number of carbonyl (C=O) groups excluding carboxylic acids is 1.